The van der Waals surface area contributed by atoms with E-state index in [1.165, 1.54) is 0 Å². The van der Waals surface area contributed by atoms with Crippen molar-refractivity contribution in [2.75, 3.05) is 19.6 Å². The molecule has 0 radical (unpaired) electrons. The number of piperidine rings is 1. The Morgan fingerprint density at radius 3 is 2.55 bits per heavy atom. The fourth-order valence-electron chi connectivity index (χ4n) is 4.38. The molecule has 150 valence electrons. The van der Waals surface area contributed by atoms with Crippen molar-refractivity contribution >= 4 is 11.3 Å². The number of fused-ring (bicyclic) bond motifs is 2. The first-order chi connectivity index (χ1) is 14.0. The highest BCUT2D eigenvalue weighted by Crippen LogP contribution is 2.30. The Balaban J connectivity index is 1.53. The van der Waals surface area contributed by atoms with Crippen molar-refractivity contribution in [3.05, 3.63) is 53.4 Å². The first-order valence-electron chi connectivity index (χ1n) is 10.3. The van der Waals surface area contributed by atoms with Gasteiger partial charge in [0.15, 0.2) is 17.1 Å². The van der Waals surface area contributed by atoms with Crippen LogP contribution in [0.15, 0.2) is 30.7 Å². The number of hydrogen-bond acceptors (Lipinski definition) is 4. The second-order valence-corrected chi connectivity index (χ2v) is 8.05. The van der Waals surface area contributed by atoms with Gasteiger partial charge in [0.2, 0.25) is 0 Å². The Hall–Kier alpha value is -2.80. The summed E-state index contributed by atoms with van der Waals surface area (Å²) in [5.41, 5.74) is 5.55. The minimum Gasteiger partial charge on any atom is -0.304 e. The molecule has 1 saturated heterocycles. The molecule has 0 spiro atoms. The zero-order valence-electron chi connectivity index (χ0n) is 17.1. The molecule has 1 aliphatic rings. The number of likely N-dealkylation sites (tertiary alicyclic amines) is 1. The number of halogens is 1. The molecule has 1 fully saturated rings. The highest BCUT2D eigenvalue weighted by atomic mass is 19.1. The number of aryl methyl sites for hydroxylation is 2. The summed E-state index contributed by atoms with van der Waals surface area (Å²) in [5.74, 6) is 0.121. The van der Waals surface area contributed by atoms with Crippen LogP contribution >= 0.6 is 0 Å². The standard InChI is InChI=1S/C22H25FN6/c1-4-27-7-5-16(6-8-27)17-10-18(23)22-25-20(13-28(22)12-17)19-9-14(2)21-24-15(3)11-29(21)26-19/h9-13,16H,4-8H2,1-3H3. The first-order valence-corrected chi connectivity index (χ1v) is 10.3. The molecule has 0 aliphatic carbocycles. The van der Waals surface area contributed by atoms with Crippen LogP contribution < -0.4 is 0 Å². The van der Waals surface area contributed by atoms with Crippen molar-refractivity contribution in [2.45, 2.75) is 39.5 Å². The summed E-state index contributed by atoms with van der Waals surface area (Å²) in [5, 5.41) is 4.63. The Morgan fingerprint density at radius 1 is 1.00 bits per heavy atom. The largest absolute Gasteiger partial charge is 0.304 e. The van der Waals surface area contributed by atoms with E-state index >= 15 is 0 Å². The number of aromatic nitrogens is 5. The topological polar surface area (TPSA) is 50.7 Å². The minimum absolute atomic E-state index is 0.275. The van der Waals surface area contributed by atoms with E-state index < -0.39 is 0 Å². The average molecular weight is 392 g/mol. The van der Waals surface area contributed by atoms with E-state index in [1.807, 2.05) is 42.9 Å². The number of imidazole rings is 2. The summed E-state index contributed by atoms with van der Waals surface area (Å²) in [7, 11) is 0. The van der Waals surface area contributed by atoms with Gasteiger partial charge < -0.3 is 9.30 Å². The fourth-order valence-corrected chi connectivity index (χ4v) is 4.38. The van der Waals surface area contributed by atoms with Crippen LogP contribution in [0.5, 0.6) is 0 Å². The van der Waals surface area contributed by atoms with Crippen LogP contribution in [0.1, 0.15) is 42.5 Å². The molecule has 0 N–H and O–H groups in total. The first kappa shape index (κ1) is 18.2. The van der Waals surface area contributed by atoms with Gasteiger partial charge in [-0.2, -0.15) is 5.10 Å². The van der Waals surface area contributed by atoms with Crippen LogP contribution in [0.25, 0.3) is 22.7 Å². The van der Waals surface area contributed by atoms with Gasteiger partial charge in [0.25, 0.3) is 0 Å². The van der Waals surface area contributed by atoms with Crippen molar-refractivity contribution in [1.82, 2.24) is 28.9 Å². The molecule has 1 aliphatic heterocycles. The zero-order valence-corrected chi connectivity index (χ0v) is 17.1. The third-order valence-corrected chi connectivity index (χ3v) is 6.03. The molecule has 5 heterocycles. The maximum atomic E-state index is 14.9. The maximum absolute atomic E-state index is 14.9. The van der Waals surface area contributed by atoms with Gasteiger partial charge in [-0.15, -0.1) is 0 Å². The lowest BCUT2D eigenvalue weighted by atomic mass is 9.90. The van der Waals surface area contributed by atoms with E-state index in [1.54, 1.807) is 10.6 Å². The minimum atomic E-state index is -0.275. The lowest BCUT2D eigenvalue weighted by Gasteiger charge is -2.31. The van der Waals surface area contributed by atoms with E-state index in [0.29, 0.717) is 23.0 Å². The van der Waals surface area contributed by atoms with Crippen LogP contribution in [-0.4, -0.2) is 48.5 Å². The molecule has 0 atom stereocenters. The van der Waals surface area contributed by atoms with E-state index in [-0.39, 0.29) is 5.82 Å². The maximum Gasteiger partial charge on any atom is 0.173 e. The number of nitrogens with zero attached hydrogens (tertiary/aromatic N) is 6. The van der Waals surface area contributed by atoms with E-state index in [9.17, 15) is 4.39 Å². The summed E-state index contributed by atoms with van der Waals surface area (Å²) < 4.78 is 18.5. The molecule has 0 aromatic carbocycles. The van der Waals surface area contributed by atoms with Crippen LogP contribution in [-0.2, 0) is 0 Å². The van der Waals surface area contributed by atoms with E-state index in [2.05, 4.69) is 26.9 Å². The molecule has 5 rings (SSSR count). The van der Waals surface area contributed by atoms with E-state index in [4.69, 9.17) is 0 Å². The normalized spacial score (nSPS) is 16.3. The van der Waals surface area contributed by atoms with Crippen LogP contribution in [0.3, 0.4) is 0 Å². The summed E-state index contributed by atoms with van der Waals surface area (Å²) in [6, 6.07) is 3.63. The second-order valence-electron chi connectivity index (χ2n) is 8.05. The molecular formula is C22H25FN6. The van der Waals surface area contributed by atoms with Gasteiger partial charge in [0.05, 0.1) is 11.9 Å². The van der Waals surface area contributed by atoms with Crippen LogP contribution in [0.2, 0.25) is 0 Å². The van der Waals surface area contributed by atoms with Crippen molar-refractivity contribution in [3.8, 4) is 11.4 Å². The van der Waals surface area contributed by atoms with Crippen molar-refractivity contribution < 1.29 is 4.39 Å². The smallest absolute Gasteiger partial charge is 0.173 e. The summed E-state index contributed by atoms with van der Waals surface area (Å²) >= 11 is 0. The van der Waals surface area contributed by atoms with Gasteiger partial charge >= 0.3 is 0 Å². The summed E-state index contributed by atoms with van der Waals surface area (Å²) in [6.07, 6.45) is 7.94. The van der Waals surface area contributed by atoms with E-state index in [0.717, 1.165) is 54.9 Å². The molecule has 0 saturated carbocycles. The van der Waals surface area contributed by atoms with Crippen molar-refractivity contribution in [2.24, 2.45) is 0 Å². The third kappa shape index (κ3) is 3.19. The van der Waals surface area contributed by atoms with Crippen molar-refractivity contribution in [3.63, 3.8) is 0 Å². The summed E-state index contributed by atoms with van der Waals surface area (Å²) in [4.78, 5) is 11.5. The molecule has 0 bridgehead atoms. The molecule has 0 unspecified atom stereocenters. The predicted molar refractivity (Wildman–Crippen MR) is 111 cm³/mol. The fraction of sp³-hybridized carbons (Fsp3) is 0.409. The van der Waals surface area contributed by atoms with Gasteiger partial charge in [-0.25, -0.2) is 18.9 Å². The predicted octanol–water partition coefficient (Wildman–Crippen LogP) is 4.00. The molecule has 4 aromatic rings. The molecule has 6 nitrogen and oxygen atoms in total. The molecule has 29 heavy (non-hydrogen) atoms. The quantitative estimate of drug-likeness (QED) is 0.529. The lowest BCUT2D eigenvalue weighted by Crippen LogP contribution is -2.32. The summed E-state index contributed by atoms with van der Waals surface area (Å²) in [6.45, 7) is 9.37. The van der Waals surface area contributed by atoms with Gasteiger partial charge in [0, 0.05) is 12.4 Å². The lowest BCUT2D eigenvalue weighted by molar-refractivity contribution is 0.222. The Labute approximate surface area is 169 Å². The Morgan fingerprint density at radius 2 is 1.79 bits per heavy atom. The number of hydrogen-bond donors (Lipinski definition) is 0. The van der Waals surface area contributed by atoms with Gasteiger partial charge in [0.1, 0.15) is 11.4 Å². The SMILES string of the molecule is CCN1CCC(c2cc(F)c3nc(-c4cc(C)c5nc(C)cn5n4)cn3c2)CC1. The number of pyridine rings is 1. The van der Waals surface area contributed by atoms with Crippen LogP contribution in [0.4, 0.5) is 4.39 Å². The third-order valence-electron chi connectivity index (χ3n) is 6.03. The Kier molecular flexibility index (Phi) is 4.35. The average Bonchev–Trinajstić information content (AvgIpc) is 3.31. The van der Waals surface area contributed by atoms with Crippen LogP contribution in [0, 0.1) is 19.7 Å². The zero-order chi connectivity index (χ0) is 20.1. The molecule has 7 heteroatoms. The molecular weight excluding hydrogens is 367 g/mol. The highest BCUT2D eigenvalue weighted by molar-refractivity contribution is 5.63. The van der Waals surface area contributed by atoms with Crippen molar-refractivity contribution in [1.29, 1.82) is 0 Å². The van der Waals surface area contributed by atoms with Gasteiger partial charge in [-0.1, -0.05) is 6.92 Å². The van der Waals surface area contributed by atoms with Gasteiger partial charge in [-0.05, 0) is 75.5 Å². The highest BCUT2D eigenvalue weighted by Gasteiger charge is 2.22. The Bertz CT molecular complexity index is 1200. The number of rotatable bonds is 3. The van der Waals surface area contributed by atoms with Gasteiger partial charge in [-0.3, -0.25) is 0 Å². The second kappa shape index (κ2) is 6.91. The molecule has 4 aromatic heterocycles. The monoisotopic (exact) mass is 392 g/mol. The molecule has 0 amide bonds.